The van der Waals surface area contributed by atoms with E-state index in [2.05, 4.69) is 0 Å². The van der Waals surface area contributed by atoms with Crippen LogP contribution >= 0.6 is 0 Å². The van der Waals surface area contributed by atoms with Crippen LogP contribution in [0.15, 0.2) is 12.1 Å². The largest absolute Gasteiger partial charge is 0.481 e. The van der Waals surface area contributed by atoms with Crippen molar-refractivity contribution in [3.05, 3.63) is 33.4 Å². The van der Waals surface area contributed by atoms with E-state index in [1.807, 2.05) is 6.92 Å². The van der Waals surface area contributed by atoms with Gasteiger partial charge in [0.05, 0.1) is 17.6 Å². The minimum absolute atomic E-state index is 0.0232. The van der Waals surface area contributed by atoms with Gasteiger partial charge in [-0.05, 0) is 31.9 Å². The van der Waals surface area contributed by atoms with Gasteiger partial charge in [-0.1, -0.05) is 13.3 Å². The molecule has 0 unspecified atom stereocenters. The van der Waals surface area contributed by atoms with Crippen LogP contribution in [0.4, 0.5) is 5.69 Å². The van der Waals surface area contributed by atoms with Crippen LogP contribution in [0, 0.1) is 24.0 Å². The first-order valence-corrected chi connectivity index (χ1v) is 6.49. The molecule has 0 aliphatic heterocycles. The number of carbonyl (C=O) groups is 1. The number of nitro groups is 1. The summed E-state index contributed by atoms with van der Waals surface area (Å²) in [4.78, 5) is 21.8. The first-order valence-electron chi connectivity index (χ1n) is 6.49. The van der Waals surface area contributed by atoms with Crippen molar-refractivity contribution in [3.8, 4) is 5.75 Å². The fourth-order valence-electron chi connectivity index (χ4n) is 1.68. The van der Waals surface area contributed by atoms with Crippen LogP contribution in [0.2, 0.25) is 0 Å². The molecule has 0 spiro atoms. The molecular formula is C14H19NO5. The van der Waals surface area contributed by atoms with Crippen molar-refractivity contribution in [2.24, 2.45) is 0 Å². The van der Waals surface area contributed by atoms with Crippen LogP contribution in [-0.2, 0) is 9.53 Å². The zero-order chi connectivity index (χ0) is 15.1. The molecule has 1 aromatic rings. The van der Waals surface area contributed by atoms with Gasteiger partial charge in [-0.15, -0.1) is 0 Å². The van der Waals surface area contributed by atoms with E-state index in [-0.39, 0.29) is 12.3 Å². The summed E-state index contributed by atoms with van der Waals surface area (Å²) < 4.78 is 10.2. The zero-order valence-corrected chi connectivity index (χ0v) is 12.0. The number of aryl methyl sites for hydroxylation is 2. The SMILES string of the molecule is CCCCOC(=O)COc1cc([N+](=O)[O-])c(C)cc1C. The lowest BCUT2D eigenvalue weighted by Gasteiger charge is -2.10. The summed E-state index contributed by atoms with van der Waals surface area (Å²) in [6.07, 6.45) is 1.75. The molecule has 1 rings (SSSR count). The van der Waals surface area contributed by atoms with E-state index in [1.54, 1.807) is 19.9 Å². The van der Waals surface area contributed by atoms with Crippen molar-refractivity contribution in [2.75, 3.05) is 13.2 Å². The number of carbonyl (C=O) groups excluding carboxylic acids is 1. The smallest absolute Gasteiger partial charge is 0.344 e. The van der Waals surface area contributed by atoms with E-state index >= 15 is 0 Å². The second-order valence-corrected chi connectivity index (χ2v) is 4.52. The first-order chi connectivity index (χ1) is 9.45. The molecule has 110 valence electrons. The normalized spacial score (nSPS) is 10.2. The van der Waals surface area contributed by atoms with Crippen molar-refractivity contribution in [2.45, 2.75) is 33.6 Å². The standard InChI is InChI=1S/C14H19NO5/c1-4-5-6-19-14(16)9-20-13-8-12(15(17)18)10(2)7-11(13)3/h7-8H,4-6,9H2,1-3H3. The molecule has 0 radical (unpaired) electrons. The third-order valence-corrected chi connectivity index (χ3v) is 2.80. The number of nitro benzene ring substituents is 1. The van der Waals surface area contributed by atoms with Gasteiger partial charge in [-0.2, -0.15) is 0 Å². The van der Waals surface area contributed by atoms with Gasteiger partial charge in [-0.3, -0.25) is 10.1 Å². The van der Waals surface area contributed by atoms with E-state index in [0.29, 0.717) is 17.9 Å². The molecule has 0 amide bonds. The maximum absolute atomic E-state index is 11.4. The van der Waals surface area contributed by atoms with Crippen LogP contribution in [0.25, 0.3) is 0 Å². The van der Waals surface area contributed by atoms with Crippen molar-refractivity contribution in [1.82, 2.24) is 0 Å². The lowest BCUT2D eigenvalue weighted by molar-refractivity contribution is -0.385. The Morgan fingerprint density at radius 3 is 2.60 bits per heavy atom. The van der Waals surface area contributed by atoms with E-state index in [1.165, 1.54) is 6.07 Å². The number of rotatable bonds is 7. The molecule has 0 saturated heterocycles. The van der Waals surface area contributed by atoms with Gasteiger partial charge in [0.15, 0.2) is 6.61 Å². The molecule has 1 aromatic carbocycles. The average Bonchev–Trinajstić information content (AvgIpc) is 2.37. The summed E-state index contributed by atoms with van der Waals surface area (Å²) in [5.74, 6) is -0.143. The van der Waals surface area contributed by atoms with Gasteiger partial charge in [0.1, 0.15) is 5.75 Å². The number of benzene rings is 1. The maximum atomic E-state index is 11.4. The van der Waals surface area contributed by atoms with E-state index in [4.69, 9.17) is 9.47 Å². The molecule has 6 nitrogen and oxygen atoms in total. The number of hydrogen-bond donors (Lipinski definition) is 0. The van der Waals surface area contributed by atoms with Crippen molar-refractivity contribution in [1.29, 1.82) is 0 Å². The monoisotopic (exact) mass is 281 g/mol. The summed E-state index contributed by atoms with van der Waals surface area (Å²) >= 11 is 0. The summed E-state index contributed by atoms with van der Waals surface area (Å²) in [7, 11) is 0. The minimum Gasteiger partial charge on any atom is -0.481 e. The molecular weight excluding hydrogens is 262 g/mol. The van der Waals surface area contributed by atoms with Crippen molar-refractivity contribution >= 4 is 11.7 Å². The summed E-state index contributed by atoms with van der Waals surface area (Å²) in [6.45, 7) is 5.55. The highest BCUT2D eigenvalue weighted by Gasteiger charge is 2.15. The topological polar surface area (TPSA) is 78.7 Å². The van der Waals surface area contributed by atoms with Gasteiger partial charge >= 0.3 is 5.97 Å². The Hall–Kier alpha value is -2.11. The van der Waals surface area contributed by atoms with Gasteiger partial charge in [0.2, 0.25) is 0 Å². The fraction of sp³-hybridized carbons (Fsp3) is 0.500. The van der Waals surface area contributed by atoms with Crippen LogP contribution in [0.1, 0.15) is 30.9 Å². The van der Waals surface area contributed by atoms with Crippen LogP contribution in [0.3, 0.4) is 0 Å². The lowest BCUT2D eigenvalue weighted by Crippen LogP contribution is -2.16. The molecule has 0 fully saturated rings. The van der Waals surface area contributed by atoms with Crippen LogP contribution in [0.5, 0.6) is 5.75 Å². The van der Waals surface area contributed by atoms with E-state index in [9.17, 15) is 14.9 Å². The van der Waals surface area contributed by atoms with Gasteiger partial charge in [0.25, 0.3) is 5.69 Å². The van der Waals surface area contributed by atoms with Crippen LogP contribution in [-0.4, -0.2) is 24.1 Å². The fourth-order valence-corrected chi connectivity index (χ4v) is 1.68. The number of ether oxygens (including phenoxy) is 2. The minimum atomic E-state index is -0.471. The summed E-state index contributed by atoms with van der Waals surface area (Å²) in [5, 5.41) is 10.9. The summed E-state index contributed by atoms with van der Waals surface area (Å²) in [5.41, 5.74) is 1.28. The summed E-state index contributed by atoms with van der Waals surface area (Å²) in [6, 6.07) is 3.00. The number of hydrogen-bond acceptors (Lipinski definition) is 5. The molecule has 0 saturated carbocycles. The quantitative estimate of drug-likeness (QED) is 0.332. The molecule has 6 heteroatoms. The van der Waals surface area contributed by atoms with E-state index in [0.717, 1.165) is 18.4 Å². The molecule has 0 aliphatic carbocycles. The Balaban J connectivity index is 2.66. The maximum Gasteiger partial charge on any atom is 0.344 e. The third kappa shape index (κ3) is 4.53. The Labute approximate surface area is 117 Å². The molecule has 0 aromatic heterocycles. The van der Waals surface area contributed by atoms with Gasteiger partial charge in [0, 0.05) is 5.56 Å². The predicted octanol–water partition coefficient (Wildman–Crippen LogP) is 2.93. The first kappa shape index (κ1) is 15.9. The van der Waals surface area contributed by atoms with Gasteiger partial charge in [-0.25, -0.2) is 4.79 Å². The molecule has 0 atom stereocenters. The highest BCUT2D eigenvalue weighted by Crippen LogP contribution is 2.27. The second kappa shape index (κ2) is 7.47. The average molecular weight is 281 g/mol. The van der Waals surface area contributed by atoms with Gasteiger partial charge < -0.3 is 9.47 Å². The second-order valence-electron chi connectivity index (χ2n) is 4.52. The number of esters is 1. The van der Waals surface area contributed by atoms with Crippen LogP contribution < -0.4 is 4.74 Å². The third-order valence-electron chi connectivity index (χ3n) is 2.80. The Bertz CT molecular complexity index is 499. The molecule has 0 heterocycles. The number of nitrogens with zero attached hydrogens (tertiary/aromatic N) is 1. The molecule has 0 bridgehead atoms. The highest BCUT2D eigenvalue weighted by molar-refractivity contribution is 5.71. The predicted molar refractivity (Wildman–Crippen MR) is 73.9 cm³/mol. The Kier molecular flexibility index (Phi) is 5.96. The number of unbranched alkanes of at least 4 members (excludes halogenated alkanes) is 1. The molecule has 0 aliphatic rings. The Morgan fingerprint density at radius 2 is 2.00 bits per heavy atom. The van der Waals surface area contributed by atoms with Crippen molar-refractivity contribution in [3.63, 3.8) is 0 Å². The molecule has 20 heavy (non-hydrogen) atoms. The Morgan fingerprint density at radius 1 is 1.30 bits per heavy atom. The van der Waals surface area contributed by atoms with E-state index < -0.39 is 10.9 Å². The highest BCUT2D eigenvalue weighted by atomic mass is 16.6. The lowest BCUT2D eigenvalue weighted by atomic mass is 10.1. The zero-order valence-electron chi connectivity index (χ0n) is 12.0. The molecule has 0 N–H and O–H groups in total. The van der Waals surface area contributed by atoms with Crippen molar-refractivity contribution < 1.29 is 19.2 Å².